The van der Waals surface area contributed by atoms with Crippen molar-refractivity contribution in [2.24, 2.45) is 5.92 Å². The quantitative estimate of drug-likeness (QED) is 0.734. The van der Waals surface area contributed by atoms with Crippen LogP contribution in [0, 0.1) is 5.92 Å². The first-order valence-electron chi connectivity index (χ1n) is 8.77. The minimum Gasteiger partial charge on any atom is -0.331 e. The molecule has 2 amide bonds. The number of anilines is 1. The van der Waals surface area contributed by atoms with E-state index in [-0.39, 0.29) is 12.0 Å². The molecule has 2 aromatic rings. The number of hydrogen-bond donors (Lipinski definition) is 3. The summed E-state index contributed by atoms with van der Waals surface area (Å²) in [6, 6.07) is 9.08. The van der Waals surface area contributed by atoms with Gasteiger partial charge in [0.2, 0.25) is 0 Å². The molecule has 1 aromatic carbocycles. The Morgan fingerprint density at radius 1 is 1.15 bits per heavy atom. The highest BCUT2D eigenvalue weighted by molar-refractivity contribution is 5.89. The molecule has 1 fully saturated rings. The molecule has 0 unspecified atom stereocenters. The molecule has 0 radical (unpaired) electrons. The zero-order chi connectivity index (χ0) is 19.4. The molecule has 1 aliphatic rings. The first-order valence-corrected chi connectivity index (χ1v) is 8.77. The Morgan fingerprint density at radius 3 is 2.44 bits per heavy atom. The third kappa shape index (κ3) is 4.69. The molecule has 0 saturated heterocycles. The van der Waals surface area contributed by atoms with E-state index < -0.39 is 29.0 Å². The minimum absolute atomic E-state index is 0.248. The number of carbonyl (C=O) groups excluding carboxylic acids is 1. The molecule has 27 heavy (non-hydrogen) atoms. The van der Waals surface area contributed by atoms with E-state index in [0.717, 1.165) is 31.2 Å². The van der Waals surface area contributed by atoms with Crippen molar-refractivity contribution in [1.82, 2.24) is 10.3 Å². The average Bonchev–Trinajstić information content (AvgIpc) is 3.16. The van der Waals surface area contributed by atoms with E-state index in [1.54, 1.807) is 0 Å². The number of alkyl halides is 3. The number of amides is 2. The molecule has 1 saturated carbocycles. The molecule has 1 aromatic heterocycles. The van der Waals surface area contributed by atoms with E-state index in [0.29, 0.717) is 12.3 Å². The number of H-pyrrole nitrogens is 1. The van der Waals surface area contributed by atoms with E-state index >= 15 is 0 Å². The van der Waals surface area contributed by atoms with Crippen molar-refractivity contribution >= 4 is 11.7 Å². The Morgan fingerprint density at radius 2 is 1.81 bits per heavy atom. The van der Waals surface area contributed by atoms with Crippen LogP contribution in [0.15, 0.2) is 47.4 Å². The topological polar surface area (TPSA) is 74.0 Å². The van der Waals surface area contributed by atoms with Crippen molar-refractivity contribution in [2.75, 3.05) is 5.32 Å². The maximum Gasteiger partial charge on any atom is 0.417 e. The van der Waals surface area contributed by atoms with Gasteiger partial charge in [0, 0.05) is 6.20 Å². The van der Waals surface area contributed by atoms with Crippen LogP contribution in [0.5, 0.6) is 0 Å². The van der Waals surface area contributed by atoms with Gasteiger partial charge in [0.05, 0.1) is 11.6 Å². The molecular weight excluding hydrogens is 359 g/mol. The van der Waals surface area contributed by atoms with Crippen molar-refractivity contribution in [3.63, 3.8) is 0 Å². The summed E-state index contributed by atoms with van der Waals surface area (Å²) < 4.78 is 38.5. The van der Waals surface area contributed by atoms with Gasteiger partial charge in [-0.1, -0.05) is 43.2 Å². The summed E-state index contributed by atoms with van der Waals surface area (Å²) in [6.07, 6.45) is 0.0351. The van der Waals surface area contributed by atoms with Crippen molar-refractivity contribution < 1.29 is 18.0 Å². The molecule has 8 heteroatoms. The Bertz CT molecular complexity index is 843. The summed E-state index contributed by atoms with van der Waals surface area (Å²) in [5, 5.41) is 5.08. The monoisotopic (exact) mass is 379 g/mol. The summed E-state index contributed by atoms with van der Waals surface area (Å²) in [6.45, 7) is 0. The van der Waals surface area contributed by atoms with Gasteiger partial charge in [-0.15, -0.1) is 0 Å². The largest absolute Gasteiger partial charge is 0.417 e. The molecule has 1 aliphatic carbocycles. The number of hydrogen-bond acceptors (Lipinski definition) is 2. The molecule has 1 heterocycles. The first-order chi connectivity index (χ1) is 12.8. The number of aromatic amines is 1. The fourth-order valence-electron chi connectivity index (χ4n) is 3.46. The zero-order valence-corrected chi connectivity index (χ0v) is 14.5. The number of aromatic nitrogens is 1. The van der Waals surface area contributed by atoms with Gasteiger partial charge < -0.3 is 15.6 Å². The minimum atomic E-state index is -4.62. The van der Waals surface area contributed by atoms with Crippen LogP contribution in [0.4, 0.5) is 23.7 Å². The Labute approximate surface area is 154 Å². The lowest BCUT2D eigenvalue weighted by Gasteiger charge is -2.25. The van der Waals surface area contributed by atoms with Crippen LogP contribution >= 0.6 is 0 Å². The van der Waals surface area contributed by atoms with E-state index in [1.165, 1.54) is 0 Å². The van der Waals surface area contributed by atoms with Crippen molar-refractivity contribution in [1.29, 1.82) is 0 Å². The molecule has 0 bridgehead atoms. The molecule has 1 atom stereocenters. The van der Waals surface area contributed by atoms with Crippen LogP contribution in [-0.2, 0) is 6.18 Å². The van der Waals surface area contributed by atoms with Crippen molar-refractivity contribution in [3.05, 3.63) is 64.1 Å². The summed E-state index contributed by atoms with van der Waals surface area (Å²) in [5.41, 5.74) is -1.35. The second-order valence-electron chi connectivity index (χ2n) is 6.66. The third-order valence-electron chi connectivity index (χ3n) is 4.80. The molecular formula is C19H20F3N3O2. The number of pyridine rings is 1. The molecule has 144 valence electrons. The second kappa shape index (κ2) is 7.85. The molecule has 0 aliphatic heterocycles. The number of halogens is 3. The maximum absolute atomic E-state index is 12.8. The lowest BCUT2D eigenvalue weighted by Crippen LogP contribution is -2.37. The molecule has 5 nitrogen and oxygen atoms in total. The highest BCUT2D eigenvalue weighted by Gasteiger charge is 2.32. The second-order valence-corrected chi connectivity index (χ2v) is 6.66. The smallest absolute Gasteiger partial charge is 0.331 e. The average molecular weight is 379 g/mol. The standard InChI is InChI=1S/C19H20F3N3O2/c20-19(21,22)14-10-15(17(26)23-11-14)24-18(27)25-16(13-8-4-5-9-13)12-6-2-1-3-7-12/h1-3,6-7,10-11,13,16H,4-5,8-9H2,(H,23,26)(H2,24,25,27)/t16-/m0/s1. The Balaban J connectivity index is 1.78. The van der Waals surface area contributed by atoms with Crippen LogP contribution in [0.2, 0.25) is 0 Å². The normalized spacial score (nSPS) is 16.1. The van der Waals surface area contributed by atoms with Gasteiger partial charge in [-0.05, 0) is 30.4 Å². The van der Waals surface area contributed by atoms with Gasteiger partial charge in [-0.3, -0.25) is 4.79 Å². The lowest BCUT2D eigenvalue weighted by molar-refractivity contribution is -0.137. The SMILES string of the molecule is O=C(Nc1cc(C(F)(F)F)c[nH]c1=O)N[C@@H](c1ccccc1)C1CCCC1. The molecule has 0 spiro atoms. The van der Waals surface area contributed by atoms with Crippen LogP contribution < -0.4 is 16.2 Å². The number of rotatable bonds is 4. The highest BCUT2D eigenvalue weighted by Crippen LogP contribution is 2.35. The van der Waals surface area contributed by atoms with Gasteiger partial charge in [0.25, 0.3) is 5.56 Å². The fourth-order valence-corrected chi connectivity index (χ4v) is 3.46. The number of urea groups is 1. The van der Waals surface area contributed by atoms with Crippen molar-refractivity contribution in [2.45, 2.75) is 37.9 Å². The molecule has 3 rings (SSSR count). The predicted molar refractivity (Wildman–Crippen MR) is 95.4 cm³/mol. The van der Waals surface area contributed by atoms with Crippen LogP contribution in [-0.4, -0.2) is 11.0 Å². The van der Waals surface area contributed by atoms with Gasteiger partial charge in [0.15, 0.2) is 0 Å². The highest BCUT2D eigenvalue weighted by atomic mass is 19.4. The fraction of sp³-hybridized carbons (Fsp3) is 0.368. The van der Waals surface area contributed by atoms with Crippen molar-refractivity contribution in [3.8, 4) is 0 Å². The third-order valence-corrected chi connectivity index (χ3v) is 4.80. The van der Waals surface area contributed by atoms with Gasteiger partial charge in [-0.25, -0.2) is 4.79 Å². The van der Waals surface area contributed by atoms with E-state index in [4.69, 9.17) is 0 Å². The van der Waals surface area contributed by atoms with E-state index in [9.17, 15) is 22.8 Å². The number of nitrogens with one attached hydrogen (secondary N) is 3. The number of benzene rings is 1. The van der Waals surface area contributed by atoms with Gasteiger partial charge in [0.1, 0.15) is 5.69 Å². The predicted octanol–water partition coefficient (Wildman–Crippen LogP) is 4.45. The van der Waals surface area contributed by atoms with E-state index in [1.807, 2.05) is 35.3 Å². The lowest BCUT2D eigenvalue weighted by atomic mass is 9.92. The summed E-state index contributed by atoms with van der Waals surface area (Å²) >= 11 is 0. The molecule has 3 N–H and O–H groups in total. The zero-order valence-electron chi connectivity index (χ0n) is 14.5. The maximum atomic E-state index is 12.8. The van der Waals surface area contributed by atoms with Crippen LogP contribution in [0.3, 0.4) is 0 Å². The summed E-state index contributed by atoms with van der Waals surface area (Å²) in [7, 11) is 0. The van der Waals surface area contributed by atoms with E-state index in [2.05, 4.69) is 10.6 Å². The summed E-state index contributed by atoms with van der Waals surface area (Å²) in [5.74, 6) is 0.248. The van der Waals surface area contributed by atoms with Crippen LogP contribution in [0.1, 0.15) is 42.9 Å². The van der Waals surface area contributed by atoms with Gasteiger partial charge >= 0.3 is 12.2 Å². The Hall–Kier alpha value is -2.77. The first kappa shape index (κ1) is 19.0. The van der Waals surface area contributed by atoms with Crippen LogP contribution in [0.25, 0.3) is 0 Å². The Kier molecular flexibility index (Phi) is 5.53. The van der Waals surface area contributed by atoms with Gasteiger partial charge in [-0.2, -0.15) is 13.2 Å². The number of carbonyl (C=O) groups is 1. The summed E-state index contributed by atoms with van der Waals surface area (Å²) in [4.78, 5) is 26.2.